The van der Waals surface area contributed by atoms with E-state index < -0.39 is 0 Å². The van der Waals surface area contributed by atoms with E-state index >= 15 is 0 Å². The molecule has 11 aromatic carbocycles. The van der Waals surface area contributed by atoms with Gasteiger partial charge in [0.2, 0.25) is 0 Å². The molecule has 0 spiro atoms. The van der Waals surface area contributed by atoms with Crippen molar-refractivity contribution in [1.82, 2.24) is 4.57 Å². The molecule has 332 valence electrons. The van der Waals surface area contributed by atoms with Crippen LogP contribution in [0.15, 0.2) is 245 Å². The Morgan fingerprint density at radius 2 is 1.00 bits per heavy atom. The molecule has 0 radical (unpaired) electrons. The Bertz CT molecular complexity index is 4390. The van der Waals surface area contributed by atoms with Crippen LogP contribution in [0.5, 0.6) is 0 Å². The number of nitrogens with one attached hydrogen (secondary N) is 1. The quantitative estimate of drug-likeness (QED) is 0.131. The molecule has 6 heteroatoms. The van der Waals surface area contributed by atoms with Crippen LogP contribution < -0.4 is 0 Å². The summed E-state index contributed by atoms with van der Waals surface area (Å²) in [6, 6.07) is 81.3. The van der Waals surface area contributed by atoms with Crippen molar-refractivity contribution in [2.75, 3.05) is 0 Å². The van der Waals surface area contributed by atoms with Gasteiger partial charge in [0.15, 0.2) is 11.7 Å². The first kappa shape index (κ1) is 40.8. The number of benzene rings is 11. The maximum atomic E-state index is 9.14. The van der Waals surface area contributed by atoms with Crippen molar-refractivity contribution in [3.05, 3.63) is 247 Å². The lowest BCUT2D eigenvalue weighted by molar-refractivity contribution is 0.669. The van der Waals surface area contributed by atoms with Gasteiger partial charge in [0, 0.05) is 59.1 Å². The number of fused-ring (bicyclic) bond motifs is 13. The van der Waals surface area contributed by atoms with Crippen molar-refractivity contribution in [2.24, 2.45) is 9.98 Å². The highest BCUT2D eigenvalue weighted by molar-refractivity contribution is 7.26. The van der Waals surface area contributed by atoms with Gasteiger partial charge in [0.25, 0.3) is 0 Å². The average Bonchev–Trinajstić information content (AvgIpc) is 4.11. The number of para-hydroxylation sites is 1. The highest BCUT2D eigenvalue weighted by Crippen LogP contribution is 2.48. The second kappa shape index (κ2) is 16.5. The number of furan rings is 1. The van der Waals surface area contributed by atoms with Gasteiger partial charge in [-0.25, -0.2) is 9.98 Å². The van der Waals surface area contributed by atoms with Crippen molar-refractivity contribution in [2.45, 2.75) is 0 Å². The predicted octanol–water partition coefficient (Wildman–Crippen LogP) is 17.6. The third-order valence-corrected chi connectivity index (χ3v) is 15.0. The molecular formula is C65H40N4OS. The molecule has 0 saturated carbocycles. The van der Waals surface area contributed by atoms with E-state index in [1.165, 1.54) is 81.1 Å². The Hall–Kier alpha value is -9.23. The van der Waals surface area contributed by atoms with Crippen LogP contribution in [0.3, 0.4) is 0 Å². The molecule has 0 fully saturated rings. The first-order valence-corrected chi connectivity index (χ1v) is 24.6. The Morgan fingerprint density at radius 3 is 1.66 bits per heavy atom. The molecule has 1 N–H and O–H groups in total. The molecule has 0 saturated heterocycles. The summed E-state index contributed by atoms with van der Waals surface area (Å²) in [6.07, 6.45) is 1.87. The average molecular weight is 925 g/mol. The summed E-state index contributed by atoms with van der Waals surface area (Å²) in [7, 11) is 0. The minimum absolute atomic E-state index is 0.105. The molecule has 0 amide bonds. The van der Waals surface area contributed by atoms with E-state index in [2.05, 4.69) is 168 Å². The van der Waals surface area contributed by atoms with Crippen LogP contribution in [0, 0.1) is 5.41 Å². The van der Waals surface area contributed by atoms with Crippen molar-refractivity contribution >= 4 is 115 Å². The van der Waals surface area contributed by atoms with Gasteiger partial charge in [-0.15, -0.1) is 11.3 Å². The molecule has 3 heterocycles. The molecule has 14 aromatic rings. The maximum Gasteiger partial charge on any atom is 0.161 e. The van der Waals surface area contributed by atoms with E-state index in [1.807, 2.05) is 72.9 Å². The summed E-state index contributed by atoms with van der Waals surface area (Å²) in [5, 5.41) is 21.0. The summed E-state index contributed by atoms with van der Waals surface area (Å²) >= 11 is 1.80. The maximum absolute atomic E-state index is 9.14. The number of hydrogen-bond acceptors (Lipinski definition) is 3. The number of thiophene rings is 1. The summed E-state index contributed by atoms with van der Waals surface area (Å²) in [5.41, 5.74) is 12.2. The fraction of sp³-hybridized carbons (Fsp3) is 0. The van der Waals surface area contributed by atoms with Gasteiger partial charge in [0.05, 0.1) is 16.7 Å². The fourth-order valence-corrected chi connectivity index (χ4v) is 11.9. The Balaban J connectivity index is 0.949. The first-order valence-electron chi connectivity index (χ1n) is 23.8. The Kier molecular flexibility index (Phi) is 9.47. The van der Waals surface area contributed by atoms with E-state index in [4.69, 9.17) is 19.8 Å². The molecule has 5 nitrogen and oxygen atoms in total. The zero-order valence-corrected chi connectivity index (χ0v) is 39.0. The van der Waals surface area contributed by atoms with Crippen LogP contribution in [0.25, 0.3) is 113 Å². The highest BCUT2D eigenvalue weighted by Gasteiger charge is 2.24. The van der Waals surface area contributed by atoms with Crippen LogP contribution in [-0.4, -0.2) is 22.5 Å². The molecule has 0 atom stereocenters. The van der Waals surface area contributed by atoms with Crippen molar-refractivity contribution in [1.29, 1.82) is 5.41 Å². The van der Waals surface area contributed by atoms with Gasteiger partial charge in [-0.3, -0.25) is 5.41 Å². The zero-order valence-electron chi connectivity index (χ0n) is 38.2. The van der Waals surface area contributed by atoms with Gasteiger partial charge in [-0.05, 0) is 97.9 Å². The van der Waals surface area contributed by atoms with Crippen molar-refractivity contribution in [3.63, 3.8) is 0 Å². The van der Waals surface area contributed by atoms with Gasteiger partial charge >= 0.3 is 0 Å². The minimum Gasteiger partial charge on any atom is -0.456 e. The third-order valence-electron chi connectivity index (χ3n) is 13.9. The fourth-order valence-electron chi connectivity index (χ4n) is 10.7. The number of amidine groups is 2. The Morgan fingerprint density at radius 1 is 0.437 bits per heavy atom. The molecule has 0 aliphatic heterocycles. The lowest BCUT2D eigenvalue weighted by Gasteiger charge is -2.14. The van der Waals surface area contributed by atoms with E-state index in [-0.39, 0.29) is 5.84 Å². The molecule has 71 heavy (non-hydrogen) atoms. The number of aliphatic imine (C=N–C) groups is 2. The van der Waals surface area contributed by atoms with Gasteiger partial charge in [-0.1, -0.05) is 182 Å². The number of aromatic nitrogens is 1. The second-order valence-electron chi connectivity index (χ2n) is 18.0. The van der Waals surface area contributed by atoms with Crippen LogP contribution >= 0.6 is 11.3 Å². The second-order valence-corrected chi connectivity index (χ2v) is 19.1. The monoisotopic (exact) mass is 924 g/mol. The number of rotatable bonds is 6. The smallest absolute Gasteiger partial charge is 0.161 e. The van der Waals surface area contributed by atoms with Crippen molar-refractivity contribution < 1.29 is 4.42 Å². The molecule has 0 bridgehead atoms. The topological polar surface area (TPSA) is 66.6 Å². The first-order chi connectivity index (χ1) is 35.1. The summed E-state index contributed by atoms with van der Waals surface area (Å²) in [6.45, 7) is 0. The van der Waals surface area contributed by atoms with Gasteiger partial charge in [0.1, 0.15) is 11.2 Å². The molecule has 14 rings (SSSR count). The van der Waals surface area contributed by atoms with E-state index in [1.54, 1.807) is 11.3 Å². The third kappa shape index (κ3) is 6.72. The zero-order chi connectivity index (χ0) is 47.0. The Labute approximate surface area is 412 Å². The normalized spacial score (nSPS) is 12.3. The molecule has 0 aliphatic rings. The van der Waals surface area contributed by atoms with E-state index in [0.717, 1.165) is 43.5 Å². The lowest BCUT2D eigenvalue weighted by Crippen LogP contribution is -2.04. The lowest BCUT2D eigenvalue weighted by atomic mass is 9.92. The number of hydrogen-bond donors (Lipinski definition) is 1. The molecular weight excluding hydrogens is 885 g/mol. The van der Waals surface area contributed by atoms with Crippen LogP contribution in [0.2, 0.25) is 0 Å². The van der Waals surface area contributed by atoms with E-state index in [9.17, 15) is 0 Å². The standard InChI is InChI=1S/C65H40N4OS/c66-64(44-32-34-48-47-25-14-15-29-57(47)70-58(48)36-44)68-65(43-21-8-3-9-22-43)67-39-40-31-33-51-60(35-40)71-59-30-16-28-54(61(51)59)69-55-37-52(41-17-4-1-5-18-41)45-23-10-12-26-49(45)62(55)63-50-27-13-11-24-46(50)53(38-56(63)69)42-19-6-2-7-20-42/h1-39,66H/b66-64?,67-39+,68-65-. The van der Waals surface area contributed by atoms with Crippen LogP contribution in [0.4, 0.5) is 0 Å². The molecule has 3 aromatic heterocycles. The summed E-state index contributed by atoms with van der Waals surface area (Å²) in [4.78, 5) is 9.82. The van der Waals surface area contributed by atoms with Gasteiger partial charge in [-0.2, -0.15) is 0 Å². The minimum atomic E-state index is 0.105. The molecule has 0 unspecified atom stereocenters. The van der Waals surface area contributed by atoms with Gasteiger partial charge < -0.3 is 8.98 Å². The number of nitrogens with zero attached hydrogens (tertiary/aromatic N) is 3. The van der Waals surface area contributed by atoms with Crippen molar-refractivity contribution in [3.8, 4) is 27.9 Å². The predicted molar refractivity (Wildman–Crippen MR) is 301 cm³/mol. The van der Waals surface area contributed by atoms with Crippen LogP contribution in [-0.2, 0) is 0 Å². The SMILES string of the molecule is N=C(/N=C(\N=C\c1ccc2c(c1)sc1cccc(-n3c4cc(-c5ccccc5)c5ccccc5c4c4c5ccccc5c(-c5ccccc5)cc43)c12)c1ccccc1)c1ccc2c(c1)oc1ccccc12. The largest absolute Gasteiger partial charge is 0.456 e. The molecule has 0 aliphatic carbocycles. The van der Waals surface area contributed by atoms with E-state index in [0.29, 0.717) is 11.4 Å². The highest BCUT2D eigenvalue weighted by atomic mass is 32.1. The summed E-state index contributed by atoms with van der Waals surface area (Å²) < 4.78 is 11.1. The van der Waals surface area contributed by atoms with Crippen LogP contribution in [0.1, 0.15) is 16.7 Å². The summed E-state index contributed by atoms with van der Waals surface area (Å²) in [5.74, 6) is 0.559.